The third-order valence-electron chi connectivity index (χ3n) is 2.57. The van der Waals surface area contributed by atoms with Gasteiger partial charge in [-0.1, -0.05) is 12.1 Å². The van der Waals surface area contributed by atoms with Crippen molar-refractivity contribution in [2.24, 2.45) is 0 Å². The molecule has 1 aromatic heterocycles. The average molecular weight is 232 g/mol. The van der Waals surface area contributed by atoms with Crippen molar-refractivity contribution in [3.63, 3.8) is 0 Å². The Morgan fingerprint density at radius 2 is 2.24 bits per heavy atom. The minimum atomic E-state index is 0.209. The number of aromatic hydroxyl groups is 1. The number of aryl methyl sites for hydroxylation is 1. The number of ether oxygens (including phenoxy) is 1. The standard InChI is InChI=1S/C13H16N2O2/c1-9-8-11(14-6-7-17-2)10-4-3-5-12(16)13(10)15-9/h3-5,8,16H,6-7H2,1-2H3,(H,14,15). The number of aromatic nitrogens is 1. The predicted octanol–water partition coefficient (Wildman–Crippen LogP) is 2.31. The molecule has 0 spiro atoms. The number of nitrogens with zero attached hydrogens (tertiary/aromatic N) is 1. The maximum Gasteiger partial charge on any atom is 0.141 e. The monoisotopic (exact) mass is 232 g/mol. The number of rotatable bonds is 4. The molecule has 0 aliphatic carbocycles. The summed E-state index contributed by atoms with van der Waals surface area (Å²) in [5.41, 5.74) is 2.48. The molecular formula is C13H16N2O2. The molecule has 4 heteroatoms. The van der Waals surface area contributed by atoms with Gasteiger partial charge >= 0.3 is 0 Å². The van der Waals surface area contributed by atoms with E-state index in [-0.39, 0.29) is 5.75 Å². The highest BCUT2D eigenvalue weighted by atomic mass is 16.5. The summed E-state index contributed by atoms with van der Waals surface area (Å²) in [6.07, 6.45) is 0. The highest BCUT2D eigenvalue weighted by Crippen LogP contribution is 2.28. The second-order valence-corrected chi connectivity index (χ2v) is 3.90. The van der Waals surface area contributed by atoms with Gasteiger partial charge in [-0.3, -0.25) is 0 Å². The van der Waals surface area contributed by atoms with E-state index < -0.39 is 0 Å². The van der Waals surface area contributed by atoms with Crippen LogP contribution in [0.2, 0.25) is 0 Å². The van der Waals surface area contributed by atoms with Gasteiger partial charge in [-0.2, -0.15) is 0 Å². The SMILES string of the molecule is COCCNc1cc(C)nc2c(O)cccc12. The molecule has 2 rings (SSSR count). The Balaban J connectivity index is 2.43. The molecule has 4 nitrogen and oxygen atoms in total. The van der Waals surface area contributed by atoms with Crippen LogP contribution >= 0.6 is 0 Å². The maximum absolute atomic E-state index is 9.78. The van der Waals surface area contributed by atoms with E-state index in [4.69, 9.17) is 4.74 Å². The molecule has 17 heavy (non-hydrogen) atoms. The Bertz CT molecular complexity index is 526. The van der Waals surface area contributed by atoms with Crippen LogP contribution in [0.3, 0.4) is 0 Å². The summed E-state index contributed by atoms with van der Waals surface area (Å²) < 4.78 is 5.00. The number of hydrogen-bond donors (Lipinski definition) is 2. The molecule has 0 radical (unpaired) electrons. The molecule has 0 atom stereocenters. The number of fused-ring (bicyclic) bond motifs is 1. The van der Waals surface area contributed by atoms with Crippen molar-refractivity contribution in [3.8, 4) is 5.75 Å². The molecule has 0 fully saturated rings. The van der Waals surface area contributed by atoms with Gasteiger partial charge in [-0.05, 0) is 19.1 Å². The largest absolute Gasteiger partial charge is 0.506 e. The predicted molar refractivity (Wildman–Crippen MR) is 68.5 cm³/mol. The molecule has 0 amide bonds. The highest BCUT2D eigenvalue weighted by molar-refractivity contribution is 5.94. The summed E-state index contributed by atoms with van der Waals surface area (Å²) in [7, 11) is 1.67. The first-order valence-corrected chi connectivity index (χ1v) is 5.54. The quantitative estimate of drug-likeness (QED) is 0.794. The van der Waals surface area contributed by atoms with Crippen molar-refractivity contribution >= 4 is 16.6 Å². The van der Waals surface area contributed by atoms with Gasteiger partial charge in [0.1, 0.15) is 11.3 Å². The summed E-state index contributed by atoms with van der Waals surface area (Å²) in [5, 5.41) is 14.0. The van der Waals surface area contributed by atoms with Crippen LogP contribution in [0.1, 0.15) is 5.69 Å². The topological polar surface area (TPSA) is 54.4 Å². The number of hydrogen-bond acceptors (Lipinski definition) is 4. The summed E-state index contributed by atoms with van der Waals surface area (Å²) in [4.78, 5) is 4.34. The fourth-order valence-electron chi connectivity index (χ4n) is 1.80. The molecule has 0 saturated heterocycles. The Kier molecular flexibility index (Phi) is 3.44. The minimum absolute atomic E-state index is 0.209. The Morgan fingerprint density at radius 1 is 1.41 bits per heavy atom. The first-order chi connectivity index (χ1) is 8.22. The van der Waals surface area contributed by atoms with Gasteiger partial charge in [-0.15, -0.1) is 0 Å². The van der Waals surface area contributed by atoms with Gasteiger partial charge in [0.25, 0.3) is 0 Å². The van der Waals surface area contributed by atoms with Gasteiger partial charge in [0, 0.05) is 30.4 Å². The normalized spacial score (nSPS) is 10.7. The van der Waals surface area contributed by atoms with Crippen molar-refractivity contribution in [2.45, 2.75) is 6.92 Å². The number of anilines is 1. The number of pyridine rings is 1. The fraction of sp³-hybridized carbons (Fsp3) is 0.308. The highest BCUT2D eigenvalue weighted by Gasteiger charge is 2.06. The van der Waals surface area contributed by atoms with E-state index in [2.05, 4.69) is 10.3 Å². The molecule has 0 aliphatic heterocycles. The summed E-state index contributed by atoms with van der Waals surface area (Å²) >= 11 is 0. The average Bonchev–Trinajstić information content (AvgIpc) is 2.31. The molecule has 0 saturated carbocycles. The maximum atomic E-state index is 9.78. The van der Waals surface area contributed by atoms with Crippen LogP contribution in [0.15, 0.2) is 24.3 Å². The van der Waals surface area contributed by atoms with Crippen LogP contribution < -0.4 is 5.32 Å². The van der Waals surface area contributed by atoms with E-state index in [0.29, 0.717) is 12.1 Å². The molecule has 1 heterocycles. The van der Waals surface area contributed by atoms with Crippen LogP contribution in [0, 0.1) is 6.92 Å². The molecule has 0 bridgehead atoms. The van der Waals surface area contributed by atoms with Gasteiger partial charge in [0.2, 0.25) is 0 Å². The van der Waals surface area contributed by atoms with Crippen LogP contribution in [-0.2, 0) is 4.74 Å². The number of methoxy groups -OCH3 is 1. The van der Waals surface area contributed by atoms with Crippen molar-refractivity contribution in [3.05, 3.63) is 30.0 Å². The number of nitrogens with one attached hydrogen (secondary N) is 1. The van der Waals surface area contributed by atoms with Crippen molar-refractivity contribution < 1.29 is 9.84 Å². The molecule has 1 aromatic carbocycles. The van der Waals surface area contributed by atoms with Gasteiger partial charge in [0.15, 0.2) is 0 Å². The summed E-state index contributed by atoms with van der Waals surface area (Å²) in [6.45, 7) is 3.28. The fourth-order valence-corrected chi connectivity index (χ4v) is 1.80. The second-order valence-electron chi connectivity index (χ2n) is 3.90. The van der Waals surface area contributed by atoms with Crippen LogP contribution in [0.25, 0.3) is 10.9 Å². The smallest absolute Gasteiger partial charge is 0.141 e. The zero-order chi connectivity index (χ0) is 12.3. The second kappa shape index (κ2) is 5.01. The van der Waals surface area contributed by atoms with Crippen molar-refractivity contribution in [2.75, 3.05) is 25.6 Å². The number of phenolic OH excluding ortho intramolecular Hbond substituents is 1. The van der Waals surface area contributed by atoms with E-state index in [1.807, 2.05) is 25.1 Å². The molecule has 90 valence electrons. The first kappa shape index (κ1) is 11.7. The number of benzene rings is 1. The van der Waals surface area contributed by atoms with E-state index in [1.54, 1.807) is 13.2 Å². The zero-order valence-corrected chi connectivity index (χ0v) is 10.0. The molecule has 2 N–H and O–H groups in total. The van der Waals surface area contributed by atoms with E-state index in [9.17, 15) is 5.11 Å². The lowest BCUT2D eigenvalue weighted by atomic mass is 10.1. The third-order valence-corrected chi connectivity index (χ3v) is 2.57. The lowest BCUT2D eigenvalue weighted by Crippen LogP contribution is -2.08. The molecular weight excluding hydrogens is 216 g/mol. The van der Waals surface area contributed by atoms with E-state index in [1.165, 1.54) is 0 Å². The first-order valence-electron chi connectivity index (χ1n) is 5.54. The third kappa shape index (κ3) is 2.47. The lowest BCUT2D eigenvalue weighted by Gasteiger charge is -2.11. The van der Waals surface area contributed by atoms with E-state index >= 15 is 0 Å². The molecule has 0 aliphatic rings. The number of para-hydroxylation sites is 1. The lowest BCUT2D eigenvalue weighted by molar-refractivity contribution is 0.211. The Hall–Kier alpha value is -1.81. The molecule has 0 unspecified atom stereocenters. The zero-order valence-electron chi connectivity index (χ0n) is 10.0. The number of phenols is 1. The molecule has 2 aromatic rings. The van der Waals surface area contributed by atoms with Crippen molar-refractivity contribution in [1.82, 2.24) is 4.98 Å². The van der Waals surface area contributed by atoms with Crippen LogP contribution in [0.5, 0.6) is 5.75 Å². The van der Waals surface area contributed by atoms with Crippen LogP contribution in [0.4, 0.5) is 5.69 Å². The Morgan fingerprint density at radius 3 is 3.00 bits per heavy atom. The Labute approximate surface area is 100 Å². The van der Waals surface area contributed by atoms with Gasteiger partial charge in [-0.25, -0.2) is 4.98 Å². The summed E-state index contributed by atoms with van der Waals surface area (Å²) in [5.74, 6) is 0.209. The summed E-state index contributed by atoms with van der Waals surface area (Å²) in [6, 6.07) is 7.37. The van der Waals surface area contributed by atoms with Crippen molar-refractivity contribution in [1.29, 1.82) is 0 Å². The van der Waals surface area contributed by atoms with E-state index in [0.717, 1.165) is 23.3 Å². The minimum Gasteiger partial charge on any atom is -0.506 e. The van der Waals surface area contributed by atoms with Gasteiger partial charge in [0.05, 0.1) is 6.61 Å². The van der Waals surface area contributed by atoms with Gasteiger partial charge < -0.3 is 15.2 Å². The van der Waals surface area contributed by atoms with Crippen LogP contribution in [-0.4, -0.2) is 30.4 Å².